The molecule has 2 aliphatic heterocycles. The molecule has 14 heavy (non-hydrogen) atoms. The monoisotopic (exact) mass is 195 g/mol. The van der Waals surface area contributed by atoms with Crippen LogP contribution >= 0.6 is 0 Å². The lowest BCUT2D eigenvalue weighted by Gasteiger charge is -2.41. The largest absolute Gasteiger partial charge is 0.300 e. The Hall–Kier alpha value is -0.370. The van der Waals surface area contributed by atoms with Gasteiger partial charge in [0.15, 0.2) is 0 Å². The minimum absolute atomic E-state index is 0.323. The van der Waals surface area contributed by atoms with Gasteiger partial charge in [0.1, 0.15) is 5.78 Å². The van der Waals surface area contributed by atoms with Crippen molar-refractivity contribution in [3.8, 4) is 0 Å². The summed E-state index contributed by atoms with van der Waals surface area (Å²) in [6.45, 7) is 4.01. The highest BCUT2D eigenvalue weighted by molar-refractivity contribution is 5.79. The first-order valence-electron chi connectivity index (χ1n) is 5.87. The summed E-state index contributed by atoms with van der Waals surface area (Å²) in [6, 6.07) is 1.32. The van der Waals surface area contributed by atoms with E-state index in [9.17, 15) is 4.79 Å². The number of hydrogen-bond donors (Lipinski definition) is 0. The van der Waals surface area contributed by atoms with Gasteiger partial charge in [-0.05, 0) is 39.2 Å². The van der Waals surface area contributed by atoms with Gasteiger partial charge in [-0.3, -0.25) is 9.69 Å². The van der Waals surface area contributed by atoms with Crippen LogP contribution in [0.3, 0.4) is 0 Å². The molecule has 0 aliphatic carbocycles. The zero-order valence-corrected chi connectivity index (χ0v) is 9.49. The maximum absolute atomic E-state index is 11.7. The molecule has 0 saturated carbocycles. The number of Topliss-reactive ketones (excluding diaryl/α,β-unsaturated/α-hetero) is 1. The van der Waals surface area contributed by atoms with Gasteiger partial charge in [0.2, 0.25) is 0 Å². The Balaban J connectivity index is 2.21. The van der Waals surface area contributed by atoms with Gasteiger partial charge in [-0.2, -0.15) is 0 Å². The molecule has 0 N–H and O–H groups in total. The zero-order valence-electron chi connectivity index (χ0n) is 9.49. The van der Waals surface area contributed by atoms with Crippen molar-refractivity contribution >= 4 is 5.78 Å². The Bertz CT molecular complexity index is 238. The quantitative estimate of drug-likeness (QED) is 0.672. The van der Waals surface area contributed by atoms with E-state index in [1.165, 1.54) is 25.7 Å². The van der Waals surface area contributed by atoms with Crippen molar-refractivity contribution < 1.29 is 4.79 Å². The van der Waals surface area contributed by atoms with Crippen molar-refractivity contribution in [2.45, 2.75) is 51.6 Å². The Kier molecular flexibility index (Phi) is 2.65. The normalized spacial score (nSPS) is 42.8. The summed E-state index contributed by atoms with van der Waals surface area (Å²) in [5.74, 6) is 1.39. The highest BCUT2D eigenvalue weighted by atomic mass is 16.1. The first-order chi connectivity index (χ1) is 6.65. The van der Waals surface area contributed by atoms with Crippen molar-refractivity contribution in [2.75, 3.05) is 7.05 Å². The van der Waals surface area contributed by atoms with E-state index in [1.807, 2.05) is 0 Å². The molecule has 0 aromatic rings. The van der Waals surface area contributed by atoms with Crippen LogP contribution in [0, 0.1) is 11.8 Å². The predicted molar refractivity (Wildman–Crippen MR) is 57.1 cm³/mol. The smallest absolute Gasteiger partial charge is 0.134 e. The van der Waals surface area contributed by atoms with E-state index in [4.69, 9.17) is 0 Å². The summed E-state index contributed by atoms with van der Waals surface area (Å²) in [7, 11) is 2.20. The number of carbonyl (C=O) groups excluding carboxylic acids is 1. The zero-order chi connectivity index (χ0) is 10.3. The second-order valence-corrected chi connectivity index (χ2v) is 5.00. The standard InChI is InChI=1S/C12H21NO/c1-4-9-7-10-5-6-11(13(10)3)12(9)8(2)14/h9-12H,4-7H2,1-3H3/t9-,10-,11+,12-/m0/s1. The van der Waals surface area contributed by atoms with Crippen molar-refractivity contribution in [1.82, 2.24) is 4.90 Å². The number of rotatable bonds is 2. The lowest BCUT2D eigenvalue weighted by atomic mass is 9.77. The molecule has 0 unspecified atom stereocenters. The summed E-state index contributed by atoms with van der Waals surface area (Å²) in [6.07, 6.45) is 4.96. The Morgan fingerprint density at radius 2 is 2.14 bits per heavy atom. The van der Waals surface area contributed by atoms with Crippen molar-refractivity contribution in [3.63, 3.8) is 0 Å². The Labute approximate surface area is 86.7 Å². The number of ketones is 1. The van der Waals surface area contributed by atoms with Crippen molar-refractivity contribution in [1.29, 1.82) is 0 Å². The molecule has 0 aromatic heterocycles. The summed E-state index contributed by atoms with van der Waals surface area (Å²) < 4.78 is 0. The van der Waals surface area contributed by atoms with Crippen molar-refractivity contribution in [2.24, 2.45) is 11.8 Å². The van der Waals surface area contributed by atoms with Crippen LogP contribution in [-0.4, -0.2) is 29.8 Å². The topological polar surface area (TPSA) is 20.3 Å². The van der Waals surface area contributed by atoms with Gasteiger partial charge in [-0.1, -0.05) is 13.3 Å². The van der Waals surface area contributed by atoms with Gasteiger partial charge in [0.25, 0.3) is 0 Å². The average molecular weight is 195 g/mol. The first kappa shape index (κ1) is 10.2. The van der Waals surface area contributed by atoms with Gasteiger partial charge >= 0.3 is 0 Å². The average Bonchev–Trinajstić information content (AvgIpc) is 2.39. The number of carbonyl (C=O) groups is 1. The van der Waals surface area contributed by atoms with Crippen LogP contribution in [-0.2, 0) is 4.79 Å². The molecule has 2 heterocycles. The van der Waals surface area contributed by atoms with Crippen LogP contribution in [0.1, 0.15) is 39.5 Å². The minimum Gasteiger partial charge on any atom is -0.300 e. The highest BCUT2D eigenvalue weighted by Crippen LogP contribution is 2.42. The predicted octanol–water partition coefficient (Wildman–Crippen LogP) is 2.08. The maximum atomic E-state index is 11.7. The van der Waals surface area contributed by atoms with E-state index in [-0.39, 0.29) is 0 Å². The summed E-state index contributed by atoms with van der Waals surface area (Å²) in [5, 5.41) is 0. The fourth-order valence-electron chi connectivity index (χ4n) is 3.59. The van der Waals surface area contributed by atoms with E-state index >= 15 is 0 Å². The van der Waals surface area contributed by atoms with E-state index in [1.54, 1.807) is 6.92 Å². The molecular formula is C12H21NO. The van der Waals surface area contributed by atoms with E-state index in [0.29, 0.717) is 23.7 Å². The fourth-order valence-corrected chi connectivity index (χ4v) is 3.59. The number of fused-ring (bicyclic) bond motifs is 2. The molecule has 2 heteroatoms. The molecule has 0 spiro atoms. The third-order valence-electron chi connectivity index (χ3n) is 4.39. The fraction of sp³-hybridized carbons (Fsp3) is 0.917. The van der Waals surface area contributed by atoms with Crippen LogP contribution in [0.5, 0.6) is 0 Å². The van der Waals surface area contributed by atoms with E-state index < -0.39 is 0 Å². The van der Waals surface area contributed by atoms with Crippen LogP contribution in [0.15, 0.2) is 0 Å². The minimum atomic E-state index is 0.323. The molecule has 80 valence electrons. The van der Waals surface area contributed by atoms with E-state index in [2.05, 4.69) is 18.9 Å². The number of nitrogens with zero attached hydrogens (tertiary/aromatic N) is 1. The summed E-state index contributed by atoms with van der Waals surface area (Å²) in [5.41, 5.74) is 0. The van der Waals surface area contributed by atoms with Crippen LogP contribution in [0.4, 0.5) is 0 Å². The highest BCUT2D eigenvalue weighted by Gasteiger charge is 2.46. The summed E-state index contributed by atoms with van der Waals surface area (Å²) >= 11 is 0. The van der Waals surface area contributed by atoms with E-state index in [0.717, 1.165) is 6.04 Å². The molecule has 0 aromatic carbocycles. The van der Waals surface area contributed by atoms with Crippen LogP contribution in [0.2, 0.25) is 0 Å². The molecule has 2 bridgehead atoms. The third-order valence-corrected chi connectivity index (χ3v) is 4.39. The molecule has 0 radical (unpaired) electrons. The second-order valence-electron chi connectivity index (χ2n) is 5.00. The summed E-state index contributed by atoms with van der Waals surface area (Å²) in [4.78, 5) is 14.1. The molecule has 2 fully saturated rings. The lowest BCUT2D eigenvalue weighted by Crippen LogP contribution is -2.48. The lowest BCUT2D eigenvalue weighted by molar-refractivity contribution is -0.126. The second kappa shape index (κ2) is 3.65. The molecule has 2 aliphatic rings. The van der Waals surface area contributed by atoms with Crippen molar-refractivity contribution in [3.05, 3.63) is 0 Å². The Morgan fingerprint density at radius 3 is 2.71 bits per heavy atom. The van der Waals surface area contributed by atoms with Gasteiger partial charge < -0.3 is 0 Å². The number of hydrogen-bond acceptors (Lipinski definition) is 2. The first-order valence-corrected chi connectivity index (χ1v) is 5.87. The molecular weight excluding hydrogens is 174 g/mol. The Morgan fingerprint density at radius 1 is 1.43 bits per heavy atom. The molecule has 2 saturated heterocycles. The van der Waals surface area contributed by atoms with Crippen LogP contribution < -0.4 is 0 Å². The van der Waals surface area contributed by atoms with Gasteiger partial charge in [-0.15, -0.1) is 0 Å². The molecule has 0 amide bonds. The maximum Gasteiger partial charge on any atom is 0.134 e. The number of piperidine rings is 1. The van der Waals surface area contributed by atoms with Crippen LogP contribution in [0.25, 0.3) is 0 Å². The molecule has 4 atom stereocenters. The SMILES string of the molecule is CC[C@H]1C[C@@H]2CC[C@H]([C@H]1C(C)=O)N2C. The molecule has 2 rings (SSSR count). The van der Waals surface area contributed by atoms with Gasteiger partial charge in [-0.25, -0.2) is 0 Å². The van der Waals surface area contributed by atoms with Gasteiger partial charge in [0, 0.05) is 18.0 Å². The molecule has 2 nitrogen and oxygen atoms in total. The third kappa shape index (κ3) is 1.40. The van der Waals surface area contributed by atoms with Gasteiger partial charge in [0.05, 0.1) is 0 Å².